The zero-order valence-electron chi connectivity index (χ0n) is 10.1. The van der Waals surface area contributed by atoms with Crippen molar-refractivity contribution in [2.24, 2.45) is 0 Å². The lowest BCUT2D eigenvalue weighted by atomic mass is 10.2. The number of rotatable bonds is 3. The van der Waals surface area contributed by atoms with E-state index in [0.29, 0.717) is 12.3 Å². The molecule has 0 amide bonds. The smallest absolute Gasteiger partial charge is 0.147 e. The molecule has 0 saturated carbocycles. The largest absolute Gasteiger partial charge is 0.489 e. The molecule has 0 radical (unpaired) electrons. The molecule has 0 fully saturated rings. The summed E-state index contributed by atoms with van der Waals surface area (Å²) < 4.78 is 5.71. The third-order valence-corrected chi connectivity index (χ3v) is 2.92. The molecule has 0 aliphatic carbocycles. The number of nitrogens with one attached hydrogen (secondary N) is 1. The van der Waals surface area contributed by atoms with Gasteiger partial charge in [0.15, 0.2) is 0 Å². The molecule has 2 aromatic heterocycles. The summed E-state index contributed by atoms with van der Waals surface area (Å²) in [6.45, 7) is 0.340. The van der Waals surface area contributed by atoms with E-state index in [0.717, 1.165) is 22.2 Å². The van der Waals surface area contributed by atoms with Gasteiger partial charge in [0.05, 0.1) is 0 Å². The van der Waals surface area contributed by atoms with Crippen LogP contribution in [0.4, 0.5) is 0 Å². The minimum atomic E-state index is 0.340. The highest BCUT2D eigenvalue weighted by atomic mass is 16.5. The molecule has 4 nitrogen and oxygen atoms in total. The summed E-state index contributed by atoms with van der Waals surface area (Å²) in [5, 5.41) is 10.1. The van der Waals surface area contributed by atoms with Crippen molar-refractivity contribution in [3.63, 3.8) is 0 Å². The number of nitriles is 1. The first-order chi connectivity index (χ1) is 9.36. The molecule has 92 valence electrons. The van der Waals surface area contributed by atoms with Gasteiger partial charge in [-0.1, -0.05) is 6.07 Å². The summed E-state index contributed by atoms with van der Waals surface area (Å²) in [6.07, 6.45) is 3.50. The predicted molar refractivity (Wildman–Crippen MR) is 71.6 cm³/mol. The molecule has 0 saturated heterocycles. The maximum absolute atomic E-state index is 8.96. The highest BCUT2D eigenvalue weighted by Crippen LogP contribution is 2.20. The van der Waals surface area contributed by atoms with Crippen molar-refractivity contribution in [1.29, 1.82) is 5.26 Å². The molecule has 19 heavy (non-hydrogen) atoms. The third-order valence-electron chi connectivity index (χ3n) is 2.92. The molecule has 0 unspecified atom stereocenters. The van der Waals surface area contributed by atoms with Crippen LogP contribution in [-0.2, 0) is 6.61 Å². The van der Waals surface area contributed by atoms with Crippen LogP contribution in [0.25, 0.3) is 10.9 Å². The number of aromatic nitrogens is 2. The first-order valence-electron chi connectivity index (χ1n) is 5.91. The van der Waals surface area contributed by atoms with Crippen LogP contribution in [-0.4, -0.2) is 9.97 Å². The molecule has 0 bridgehead atoms. The van der Waals surface area contributed by atoms with Gasteiger partial charge in [-0.25, -0.2) is 4.98 Å². The molecule has 0 aliphatic rings. The van der Waals surface area contributed by atoms with Crippen molar-refractivity contribution < 1.29 is 4.74 Å². The minimum Gasteiger partial charge on any atom is -0.489 e. The SMILES string of the molecule is N#Cc1ncccc1COc1ccc2[nH]ccc2c1. The van der Waals surface area contributed by atoms with E-state index in [1.807, 2.05) is 36.5 Å². The summed E-state index contributed by atoms with van der Waals surface area (Å²) in [5.74, 6) is 0.778. The second kappa shape index (κ2) is 4.83. The van der Waals surface area contributed by atoms with E-state index in [2.05, 4.69) is 16.0 Å². The zero-order valence-corrected chi connectivity index (χ0v) is 10.1. The summed E-state index contributed by atoms with van der Waals surface area (Å²) in [5.41, 5.74) is 2.27. The van der Waals surface area contributed by atoms with Gasteiger partial charge in [-0.2, -0.15) is 5.26 Å². The highest BCUT2D eigenvalue weighted by Gasteiger charge is 2.04. The fraction of sp³-hybridized carbons (Fsp3) is 0.0667. The number of nitrogens with zero attached hydrogens (tertiary/aromatic N) is 2. The molecule has 0 spiro atoms. The van der Waals surface area contributed by atoms with Crippen molar-refractivity contribution >= 4 is 10.9 Å². The first-order valence-corrected chi connectivity index (χ1v) is 5.91. The Balaban J connectivity index is 1.80. The molecule has 1 N–H and O–H groups in total. The minimum absolute atomic E-state index is 0.340. The van der Waals surface area contributed by atoms with E-state index >= 15 is 0 Å². The zero-order chi connectivity index (χ0) is 13.1. The molecule has 3 aromatic rings. The Kier molecular flexibility index (Phi) is 2.87. The fourth-order valence-corrected chi connectivity index (χ4v) is 1.94. The number of hydrogen-bond donors (Lipinski definition) is 1. The van der Waals surface area contributed by atoms with Crippen LogP contribution in [0.5, 0.6) is 5.75 Å². The number of ether oxygens (including phenoxy) is 1. The Labute approximate surface area is 110 Å². The van der Waals surface area contributed by atoms with Gasteiger partial charge >= 0.3 is 0 Å². The number of aromatic amines is 1. The Bertz CT molecular complexity index is 755. The Hall–Kier alpha value is -2.80. The summed E-state index contributed by atoms with van der Waals surface area (Å²) in [7, 11) is 0. The van der Waals surface area contributed by atoms with Crippen LogP contribution in [0.3, 0.4) is 0 Å². The second-order valence-electron chi connectivity index (χ2n) is 4.14. The fourth-order valence-electron chi connectivity index (χ4n) is 1.94. The van der Waals surface area contributed by atoms with Gasteiger partial charge in [0, 0.05) is 28.9 Å². The van der Waals surface area contributed by atoms with Gasteiger partial charge in [-0.05, 0) is 30.3 Å². The molecule has 0 aliphatic heterocycles. The molecular weight excluding hydrogens is 238 g/mol. The van der Waals surface area contributed by atoms with Gasteiger partial charge in [0.1, 0.15) is 24.1 Å². The van der Waals surface area contributed by atoms with Gasteiger partial charge in [-0.15, -0.1) is 0 Å². The lowest BCUT2D eigenvalue weighted by molar-refractivity contribution is 0.306. The average molecular weight is 249 g/mol. The number of pyridine rings is 1. The maximum Gasteiger partial charge on any atom is 0.147 e. The molecular formula is C15H11N3O. The van der Waals surface area contributed by atoms with Gasteiger partial charge in [0.25, 0.3) is 0 Å². The Morgan fingerprint density at radius 2 is 2.21 bits per heavy atom. The summed E-state index contributed by atoms with van der Waals surface area (Å²) in [4.78, 5) is 7.14. The Morgan fingerprint density at radius 1 is 1.26 bits per heavy atom. The van der Waals surface area contributed by atoms with E-state index in [1.165, 1.54) is 0 Å². The van der Waals surface area contributed by atoms with E-state index in [1.54, 1.807) is 12.3 Å². The van der Waals surface area contributed by atoms with E-state index in [4.69, 9.17) is 10.00 Å². The van der Waals surface area contributed by atoms with Crippen LogP contribution >= 0.6 is 0 Å². The molecule has 3 rings (SSSR count). The first kappa shape index (κ1) is 11.3. The molecule has 0 atom stereocenters. The molecule has 4 heteroatoms. The van der Waals surface area contributed by atoms with Crippen LogP contribution in [0.1, 0.15) is 11.3 Å². The summed E-state index contributed by atoms with van der Waals surface area (Å²) in [6, 6.07) is 13.5. The normalized spacial score (nSPS) is 10.3. The summed E-state index contributed by atoms with van der Waals surface area (Å²) >= 11 is 0. The quantitative estimate of drug-likeness (QED) is 0.776. The Morgan fingerprint density at radius 3 is 3.11 bits per heavy atom. The van der Waals surface area contributed by atoms with Gasteiger partial charge < -0.3 is 9.72 Å². The predicted octanol–water partition coefficient (Wildman–Crippen LogP) is 3.01. The van der Waals surface area contributed by atoms with Crippen molar-refractivity contribution in [1.82, 2.24) is 9.97 Å². The van der Waals surface area contributed by atoms with E-state index in [-0.39, 0.29) is 0 Å². The van der Waals surface area contributed by atoms with Crippen molar-refractivity contribution in [2.75, 3.05) is 0 Å². The van der Waals surface area contributed by atoms with Crippen LogP contribution in [0.15, 0.2) is 48.8 Å². The number of H-pyrrole nitrogens is 1. The van der Waals surface area contributed by atoms with Crippen LogP contribution in [0.2, 0.25) is 0 Å². The second-order valence-corrected chi connectivity index (χ2v) is 4.14. The third kappa shape index (κ3) is 2.26. The van der Waals surface area contributed by atoms with Gasteiger partial charge in [-0.3, -0.25) is 0 Å². The van der Waals surface area contributed by atoms with Gasteiger partial charge in [0.2, 0.25) is 0 Å². The molecule has 2 heterocycles. The topological polar surface area (TPSA) is 61.7 Å². The van der Waals surface area contributed by atoms with Crippen molar-refractivity contribution in [2.45, 2.75) is 6.61 Å². The standard InChI is InChI=1S/C15H11N3O/c16-9-15-12(2-1-6-17-15)10-19-13-3-4-14-11(8-13)5-7-18-14/h1-8,18H,10H2. The number of benzene rings is 1. The molecule has 1 aromatic carbocycles. The van der Waals surface area contributed by atoms with E-state index < -0.39 is 0 Å². The highest BCUT2D eigenvalue weighted by molar-refractivity contribution is 5.80. The average Bonchev–Trinajstić information content (AvgIpc) is 2.93. The number of fused-ring (bicyclic) bond motifs is 1. The van der Waals surface area contributed by atoms with Crippen molar-refractivity contribution in [3.05, 3.63) is 60.0 Å². The van der Waals surface area contributed by atoms with Crippen molar-refractivity contribution in [3.8, 4) is 11.8 Å². The number of hydrogen-bond acceptors (Lipinski definition) is 3. The van der Waals surface area contributed by atoms with E-state index in [9.17, 15) is 0 Å². The van der Waals surface area contributed by atoms with Crippen LogP contribution in [0, 0.1) is 11.3 Å². The maximum atomic E-state index is 8.96. The monoisotopic (exact) mass is 249 g/mol. The lowest BCUT2D eigenvalue weighted by Gasteiger charge is -2.07. The lowest BCUT2D eigenvalue weighted by Crippen LogP contribution is -1.99. The van der Waals surface area contributed by atoms with Crippen LogP contribution < -0.4 is 4.74 Å².